The highest BCUT2D eigenvalue weighted by Gasteiger charge is 2.28. The van der Waals surface area contributed by atoms with E-state index in [2.05, 4.69) is 5.32 Å². The van der Waals surface area contributed by atoms with Gasteiger partial charge in [-0.1, -0.05) is 0 Å². The van der Waals surface area contributed by atoms with E-state index in [1.54, 1.807) is 12.1 Å². The van der Waals surface area contributed by atoms with Crippen molar-refractivity contribution in [1.82, 2.24) is 4.57 Å². The summed E-state index contributed by atoms with van der Waals surface area (Å²) < 4.78 is 15.9. The van der Waals surface area contributed by atoms with Crippen LogP contribution >= 0.6 is 0 Å². The molecule has 0 atom stereocenters. The Labute approximate surface area is 161 Å². The van der Waals surface area contributed by atoms with Gasteiger partial charge in [0.05, 0.1) is 11.1 Å². The quantitative estimate of drug-likeness (QED) is 0.722. The Bertz CT molecular complexity index is 1140. The lowest BCUT2D eigenvalue weighted by atomic mass is 9.94. The van der Waals surface area contributed by atoms with Crippen molar-refractivity contribution < 1.29 is 14.0 Å². The molecule has 2 aliphatic rings. The molecule has 1 saturated carbocycles. The lowest BCUT2D eigenvalue weighted by Gasteiger charge is -2.17. The number of nitrogens with two attached hydrogens (primary N) is 1. The SMILES string of the molecule is NC(=O)c1ccc(-n2c3c(c4cc(F)ccc42)C(=O)CCC3)cc1NC1CC1. The molecule has 5 rings (SSSR count). The summed E-state index contributed by atoms with van der Waals surface area (Å²) in [5.41, 5.74) is 9.85. The summed E-state index contributed by atoms with van der Waals surface area (Å²) in [4.78, 5) is 24.4. The predicted molar refractivity (Wildman–Crippen MR) is 106 cm³/mol. The Hall–Kier alpha value is -3.15. The molecule has 2 aromatic carbocycles. The van der Waals surface area contributed by atoms with Crippen LogP contribution in [-0.2, 0) is 6.42 Å². The number of hydrogen-bond donors (Lipinski definition) is 2. The van der Waals surface area contributed by atoms with Gasteiger partial charge in [-0.2, -0.15) is 0 Å². The van der Waals surface area contributed by atoms with Crippen LogP contribution in [0.15, 0.2) is 36.4 Å². The maximum Gasteiger partial charge on any atom is 0.250 e. The van der Waals surface area contributed by atoms with Gasteiger partial charge in [0.25, 0.3) is 5.91 Å². The zero-order chi connectivity index (χ0) is 19.4. The molecule has 0 aliphatic heterocycles. The van der Waals surface area contributed by atoms with Crippen molar-refractivity contribution in [2.45, 2.75) is 38.1 Å². The first-order valence-corrected chi connectivity index (χ1v) is 9.60. The highest BCUT2D eigenvalue weighted by Crippen LogP contribution is 2.36. The van der Waals surface area contributed by atoms with E-state index in [1.807, 2.05) is 16.7 Å². The largest absolute Gasteiger partial charge is 0.382 e. The Morgan fingerprint density at radius 2 is 1.96 bits per heavy atom. The van der Waals surface area contributed by atoms with Crippen molar-refractivity contribution in [1.29, 1.82) is 0 Å². The molecule has 1 amide bonds. The number of Topliss-reactive ketones (excluding diaryl/α,β-unsaturated/α-hetero) is 1. The van der Waals surface area contributed by atoms with Crippen LogP contribution in [0.2, 0.25) is 0 Å². The summed E-state index contributed by atoms with van der Waals surface area (Å²) in [5, 5.41) is 4.02. The summed E-state index contributed by atoms with van der Waals surface area (Å²) in [6.07, 6.45) is 4.14. The summed E-state index contributed by atoms with van der Waals surface area (Å²) in [6.45, 7) is 0. The number of benzene rings is 2. The number of carbonyl (C=O) groups excluding carboxylic acids is 2. The Morgan fingerprint density at radius 1 is 1.14 bits per heavy atom. The molecule has 0 spiro atoms. The molecule has 28 heavy (non-hydrogen) atoms. The number of fused-ring (bicyclic) bond motifs is 3. The number of rotatable bonds is 4. The van der Waals surface area contributed by atoms with Gasteiger partial charge in [0, 0.05) is 40.5 Å². The molecule has 1 aromatic heterocycles. The molecule has 6 heteroatoms. The van der Waals surface area contributed by atoms with Gasteiger partial charge >= 0.3 is 0 Å². The van der Waals surface area contributed by atoms with Crippen LogP contribution in [0.4, 0.5) is 10.1 Å². The van der Waals surface area contributed by atoms with Gasteiger partial charge in [0.2, 0.25) is 0 Å². The monoisotopic (exact) mass is 377 g/mol. The number of carbonyl (C=O) groups is 2. The second kappa shape index (κ2) is 6.19. The second-order valence-corrected chi connectivity index (χ2v) is 7.61. The highest BCUT2D eigenvalue weighted by molar-refractivity contribution is 6.11. The zero-order valence-corrected chi connectivity index (χ0v) is 15.3. The summed E-state index contributed by atoms with van der Waals surface area (Å²) in [5.74, 6) is -0.780. The minimum absolute atomic E-state index is 0.0562. The number of amides is 1. The van der Waals surface area contributed by atoms with E-state index in [1.165, 1.54) is 12.1 Å². The molecule has 0 saturated heterocycles. The number of anilines is 1. The lowest BCUT2D eigenvalue weighted by Crippen LogP contribution is -2.16. The molecular weight excluding hydrogens is 357 g/mol. The first-order chi connectivity index (χ1) is 13.5. The minimum atomic E-state index is -0.480. The van der Waals surface area contributed by atoms with Crippen molar-refractivity contribution in [2.75, 3.05) is 5.32 Å². The minimum Gasteiger partial charge on any atom is -0.382 e. The van der Waals surface area contributed by atoms with E-state index in [9.17, 15) is 14.0 Å². The molecule has 0 radical (unpaired) electrons. The second-order valence-electron chi connectivity index (χ2n) is 7.61. The van der Waals surface area contributed by atoms with Crippen LogP contribution in [0.3, 0.4) is 0 Å². The number of aromatic nitrogens is 1. The van der Waals surface area contributed by atoms with Gasteiger partial charge in [-0.3, -0.25) is 9.59 Å². The first kappa shape index (κ1) is 17.0. The standard InChI is InChI=1S/C22H20FN3O2/c23-12-4-9-18-16(10-12)21-19(2-1-3-20(21)27)26(18)14-7-8-15(22(24)28)17(11-14)25-13-5-6-13/h4,7-11,13,25H,1-3,5-6H2,(H2,24,28). The van der Waals surface area contributed by atoms with Gasteiger partial charge in [-0.15, -0.1) is 0 Å². The van der Waals surface area contributed by atoms with Gasteiger partial charge in [0.1, 0.15) is 5.82 Å². The molecule has 0 unspecified atom stereocenters. The molecule has 1 heterocycles. The Balaban J connectivity index is 1.75. The number of primary amides is 1. The lowest BCUT2D eigenvalue weighted by molar-refractivity contribution is 0.0971. The third kappa shape index (κ3) is 2.68. The van der Waals surface area contributed by atoms with Gasteiger partial charge < -0.3 is 15.6 Å². The van der Waals surface area contributed by atoms with Crippen LogP contribution in [0.1, 0.15) is 52.1 Å². The maximum atomic E-state index is 13.9. The fraction of sp³-hybridized carbons (Fsp3) is 0.273. The summed E-state index contributed by atoms with van der Waals surface area (Å²) in [6, 6.07) is 10.4. The normalized spacial score (nSPS) is 16.2. The van der Waals surface area contributed by atoms with Crippen molar-refractivity contribution >= 4 is 28.3 Å². The predicted octanol–water partition coefficient (Wildman–Crippen LogP) is 3.96. The van der Waals surface area contributed by atoms with Crippen LogP contribution in [-0.4, -0.2) is 22.3 Å². The molecule has 1 fully saturated rings. The topological polar surface area (TPSA) is 77.1 Å². The Morgan fingerprint density at radius 3 is 2.71 bits per heavy atom. The fourth-order valence-corrected chi connectivity index (χ4v) is 4.15. The molecule has 142 valence electrons. The highest BCUT2D eigenvalue weighted by atomic mass is 19.1. The van der Waals surface area contributed by atoms with Crippen molar-refractivity contribution in [2.24, 2.45) is 5.73 Å². The van der Waals surface area contributed by atoms with E-state index in [-0.39, 0.29) is 11.6 Å². The average molecular weight is 377 g/mol. The third-order valence-electron chi connectivity index (χ3n) is 5.59. The molecule has 3 N–H and O–H groups in total. The zero-order valence-electron chi connectivity index (χ0n) is 15.3. The van der Waals surface area contributed by atoms with E-state index in [0.29, 0.717) is 34.7 Å². The van der Waals surface area contributed by atoms with Crippen LogP contribution < -0.4 is 11.1 Å². The van der Waals surface area contributed by atoms with E-state index < -0.39 is 5.91 Å². The number of nitrogens with one attached hydrogen (secondary N) is 1. The summed E-state index contributed by atoms with van der Waals surface area (Å²) >= 11 is 0. The molecule has 5 nitrogen and oxygen atoms in total. The first-order valence-electron chi connectivity index (χ1n) is 9.60. The third-order valence-corrected chi connectivity index (χ3v) is 5.59. The Kier molecular flexibility index (Phi) is 3.75. The van der Waals surface area contributed by atoms with E-state index in [0.717, 1.165) is 42.6 Å². The fourth-order valence-electron chi connectivity index (χ4n) is 4.15. The number of nitrogens with zero attached hydrogens (tertiary/aromatic N) is 1. The van der Waals surface area contributed by atoms with E-state index >= 15 is 0 Å². The van der Waals surface area contributed by atoms with E-state index in [4.69, 9.17) is 5.73 Å². The maximum absolute atomic E-state index is 13.9. The van der Waals surface area contributed by atoms with Crippen LogP contribution in [0.25, 0.3) is 16.6 Å². The van der Waals surface area contributed by atoms with Gasteiger partial charge in [-0.05, 0) is 62.1 Å². The van der Waals surface area contributed by atoms with Gasteiger partial charge in [0.15, 0.2) is 5.78 Å². The molecule has 3 aromatic rings. The van der Waals surface area contributed by atoms with Crippen molar-refractivity contribution in [3.8, 4) is 5.69 Å². The van der Waals surface area contributed by atoms with Crippen LogP contribution in [0.5, 0.6) is 0 Å². The number of hydrogen-bond acceptors (Lipinski definition) is 3. The van der Waals surface area contributed by atoms with Gasteiger partial charge in [-0.25, -0.2) is 4.39 Å². The number of halogens is 1. The van der Waals surface area contributed by atoms with Crippen molar-refractivity contribution in [3.63, 3.8) is 0 Å². The molecule has 0 bridgehead atoms. The number of ketones is 1. The smallest absolute Gasteiger partial charge is 0.250 e. The molecule has 2 aliphatic carbocycles. The molecular formula is C22H20FN3O2. The van der Waals surface area contributed by atoms with Crippen LogP contribution in [0, 0.1) is 5.82 Å². The van der Waals surface area contributed by atoms with Crippen molar-refractivity contribution in [3.05, 3.63) is 59.0 Å². The average Bonchev–Trinajstić information content (AvgIpc) is 3.41. The summed E-state index contributed by atoms with van der Waals surface area (Å²) in [7, 11) is 0.